The molecule has 1 aliphatic rings. The minimum absolute atomic E-state index is 0.114. The standard InChI is InChI=1S/C16H25ClN2/c1-16(2,19-11-5-4-6-12-19)15(18-3)13-7-9-14(17)10-8-13/h7-10,15,18H,4-6,11-12H2,1-3H3. The summed E-state index contributed by atoms with van der Waals surface area (Å²) in [5.41, 5.74) is 1.42. The van der Waals surface area contributed by atoms with Crippen molar-refractivity contribution in [2.24, 2.45) is 0 Å². The number of hydrogen-bond donors (Lipinski definition) is 1. The molecule has 2 nitrogen and oxygen atoms in total. The maximum atomic E-state index is 5.99. The second-order valence-corrected chi connectivity index (χ2v) is 6.41. The lowest BCUT2D eigenvalue weighted by Crippen LogP contribution is -2.53. The number of benzene rings is 1. The van der Waals surface area contributed by atoms with Crippen molar-refractivity contribution in [2.45, 2.75) is 44.7 Å². The van der Waals surface area contributed by atoms with Crippen molar-refractivity contribution in [3.05, 3.63) is 34.9 Å². The van der Waals surface area contributed by atoms with Crippen molar-refractivity contribution < 1.29 is 0 Å². The molecule has 1 aromatic carbocycles. The quantitative estimate of drug-likeness (QED) is 0.901. The largest absolute Gasteiger partial charge is 0.311 e. The van der Waals surface area contributed by atoms with E-state index in [-0.39, 0.29) is 5.54 Å². The first-order valence-electron chi connectivity index (χ1n) is 7.23. The van der Waals surface area contributed by atoms with Crippen LogP contribution >= 0.6 is 11.6 Å². The first-order chi connectivity index (χ1) is 9.05. The highest BCUT2D eigenvalue weighted by Crippen LogP contribution is 2.33. The van der Waals surface area contributed by atoms with Crippen molar-refractivity contribution in [3.63, 3.8) is 0 Å². The van der Waals surface area contributed by atoms with Gasteiger partial charge in [0.15, 0.2) is 0 Å². The third kappa shape index (κ3) is 3.31. The number of piperidine rings is 1. The van der Waals surface area contributed by atoms with Crippen LogP contribution in [0, 0.1) is 0 Å². The van der Waals surface area contributed by atoms with Gasteiger partial charge in [0.25, 0.3) is 0 Å². The van der Waals surface area contributed by atoms with Gasteiger partial charge in [0.05, 0.1) is 0 Å². The van der Waals surface area contributed by atoms with E-state index >= 15 is 0 Å². The fraction of sp³-hybridized carbons (Fsp3) is 0.625. The zero-order chi connectivity index (χ0) is 13.9. The van der Waals surface area contributed by atoms with Gasteiger partial charge in [-0.3, -0.25) is 4.90 Å². The minimum Gasteiger partial charge on any atom is -0.311 e. The first kappa shape index (κ1) is 14.8. The van der Waals surface area contributed by atoms with Crippen molar-refractivity contribution in [1.82, 2.24) is 10.2 Å². The lowest BCUT2D eigenvalue weighted by atomic mass is 9.85. The zero-order valence-electron chi connectivity index (χ0n) is 12.2. The Morgan fingerprint density at radius 2 is 1.68 bits per heavy atom. The summed E-state index contributed by atoms with van der Waals surface area (Å²) in [7, 11) is 2.05. The van der Waals surface area contributed by atoms with Crippen LogP contribution in [0.5, 0.6) is 0 Å². The molecule has 0 spiro atoms. The Hall–Kier alpha value is -0.570. The molecule has 2 rings (SSSR count). The van der Waals surface area contributed by atoms with E-state index in [1.54, 1.807) is 0 Å². The van der Waals surface area contributed by atoms with E-state index < -0.39 is 0 Å². The summed E-state index contributed by atoms with van der Waals surface area (Å²) in [6, 6.07) is 8.55. The highest BCUT2D eigenvalue weighted by molar-refractivity contribution is 6.30. The van der Waals surface area contributed by atoms with E-state index in [0.717, 1.165) is 5.02 Å². The van der Waals surface area contributed by atoms with Crippen LogP contribution in [0.15, 0.2) is 24.3 Å². The number of nitrogens with one attached hydrogen (secondary N) is 1. The van der Waals surface area contributed by atoms with Crippen LogP contribution in [0.2, 0.25) is 5.02 Å². The number of likely N-dealkylation sites (tertiary alicyclic amines) is 1. The molecule has 1 fully saturated rings. The number of nitrogens with zero attached hydrogens (tertiary/aromatic N) is 1. The average molecular weight is 281 g/mol. The number of halogens is 1. The molecular weight excluding hydrogens is 256 g/mol. The van der Waals surface area contributed by atoms with Gasteiger partial charge in [-0.15, -0.1) is 0 Å². The molecular formula is C16H25ClN2. The average Bonchev–Trinajstić information content (AvgIpc) is 2.42. The molecule has 1 unspecified atom stereocenters. The Morgan fingerprint density at radius 3 is 2.21 bits per heavy atom. The summed E-state index contributed by atoms with van der Waals surface area (Å²) >= 11 is 5.99. The molecule has 1 aromatic rings. The summed E-state index contributed by atoms with van der Waals surface area (Å²) in [5.74, 6) is 0. The number of likely N-dealkylation sites (N-methyl/N-ethyl adjacent to an activating group) is 1. The topological polar surface area (TPSA) is 15.3 Å². The summed E-state index contributed by atoms with van der Waals surface area (Å²) in [4.78, 5) is 2.62. The summed E-state index contributed by atoms with van der Waals surface area (Å²) in [6.07, 6.45) is 4.01. The Morgan fingerprint density at radius 1 is 1.11 bits per heavy atom. The van der Waals surface area contributed by atoms with Crippen LogP contribution in [0.25, 0.3) is 0 Å². The summed E-state index contributed by atoms with van der Waals surface area (Å²) in [5, 5.41) is 4.29. The molecule has 1 N–H and O–H groups in total. The van der Waals surface area contributed by atoms with E-state index in [1.165, 1.54) is 37.9 Å². The fourth-order valence-electron chi connectivity index (χ4n) is 3.24. The summed E-state index contributed by atoms with van der Waals surface area (Å²) in [6.45, 7) is 7.10. The lowest BCUT2D eigenvalue weighted by Gasteiger charge is -2.46. The first-order valence-corrected chi connectivity index (χ1v) is 7.61. The maximum absolute atomic E-state index is 5.99. The molecule has 106 valence electrons. The normalized spacial score (nSPS) is 19.4. The molecule has 0 saturated carbocycles. The van der Waals surface area contributed by atoms with Crippen molar-refractivity contribution in [2.75, 3.05) is 20.1 Å². The van der Waals surface area contributed by atoms with Crippen LogP contribution in [0.4, 0.5) is 0 Å². The third-order valence-corrected chi connectivity index (χ3v) is 4.62. The smallest absolute Gasteiger partial charge is 0.0499 e. The Kier molecular flexibility index (Phi) is 4.88. The lowest BCUT2D eigenvalue weighted by molar-refractivity contribution is 0.0633. The predicted molar refractivity (Wildman–Crippen MR) is 82.8 cm³/mol. The van der Waals surface area contributed by atoms with Crippen LogP contribution in [-0.2, 0) is 0 Å². The minimum atomic E-state index is 0.114. The van der Waals surface area contributed by atoms with E-state index in [2.05, 4.69) is 36.2 Å². The molecule has 1 heterocycles. The van der Waals surface area contributed by atoms with Gasteiger partial charge in [-0.1, -0.05) is 30.2 Å². The van der Waals surface area contributed by atoms with Gasteiger partial charge in [0.2, 0.25) is 0 Å². The Labute approximate surface area is 122 Å². The van der Waals surface area contributed by atoms with Crippen LogP contribution in [-0.4, -0.2) is 30.6 Å². The summed E-state index contributed by atoms with van der Waals surface area (Å²) < 4.78 is 0. The molecule has 3 heteroatoms. The van der Waals surface area contributed by atoms with Gasteiger partial charge in [0, 0.05) is 16.6 Å². The van der Waals surface area contributed by atoms with E-state index in [9.17, 15) is 0 Å². The fourth-order valence-corrected chi connectivity index (χ4v) is 3.36. The van der Waals surface area contributed by atoms with Crippen molar-refractivity contribution >= 4 is 11.6 Å². The van der Waals surface area contributed by atoms with E-state index in [4.69, 9.17) is 11.6 Å². The molecule has 0 bridgehead atoms. The second-order valence-electron chi connectivity index (χ2n) is 5.97. The molecule has 1 saturated heterocycles. The molecule has 0 radical (unpaired) electrons. The molecule has 0 aromatic heterocycles. The molecule has 0 aliphatic carbocycles. The Bertz CT molecular complexity index is 394. The van der Waals surface area contributed by atoms with Crippen LogP contribution < -0.4 is 5.32 Å². The monoisotopic (exact) mass is 280 g/mol. The van der Waals surface area contributed by atoms with Crippen molar-refractivity contribution in [1.29, 1.82) is 0 Å². The second kappa shape index (κ2) is 6.25. The molecule has 1 atom stereocenters. The highest BCUT2D eigenvalue weighted by Gasteiger charge is 2.35. The van der Waals surface area contributed by atoms with E-state index in [1.807, 2.05) is 19.2 Å². The van der Waals surface area contributed by atoms with Gasteiger partial charge >= 0.3 is 0 Å². The maximum Gasteiger partial charge on any atom is 0.0499 e. The van der Waals surface area contributed by atoms with Gasteiger partial charge in [-0.05, 0) is 64.5 Å². The highest BCUT2D eigenvalue weighted by atomic mass is 35.5. The van der Waals surface area contributed by atoms with Crippen LogP contribution in [0.3, 0.4) is 0 Å². The zero-order valence-corrected chi connectivity index (χ0v) is 13.0. The SMILES string of the molecule is CNC(c1ccc(Cl)cc1)C(C)(C)N1CCCCC1. The van der Waals surface area contributed by atoms with Crippen LogP contribution in [0.1, 0.15) is 44.7 Å². The molecule has 1 aliphatic heterocycles. The van der Waals surface area contributed by atoms with Gasteiger partial charge in [-0.2, -0.15) is 0 Å². The molecule has 0 amide bonds. The van der Waals surface area contributed by atoms with Gasteiger partial charge < -0.3 is 5.32 Å². The number of rotatable bonds is 4. The van der Waals surface area contributed by atoms with Crippen molar-refractivity contribution in [3.8, 4) is 0 Å². The third-order valence-electron chi connectivity index (χ3n) is 4.37. The van der Waals surface area contributed by atoms with Gasteiger partial charge in [-0.25, -0.2) is 0 Å². The van der Waals surface area contributed by atoms with E-state index in [0.29, 0.717) is 6.04 Å². The van der Waals surface area contributed by atoms with Gasteiger partial charge in [0.1, 0.15) is 0 Å². The molecule has 19 heavy (non-hydrogen) atoms. The predicted octanol–water partition coefficient (Wildman–Crippen LogP) is 3.87. The number of hydrogen-bond acceptors (Lipinski definition) is 2. The Balaban J connectivity index is 2.21.